The molecule has 0 bridgehead atoms. The van der Waals surface area contributed by atoms with E-state index in [1.165, 1.54) is 6.07 Å². The summed E-state index contributed by atoms with van der Waals surface area (Å²) < 4.78 is 60.6. The fraction of sp³-hybridized carbons (Fsp3) is 0.429. The number of rotatable bonds is 6. The molecule has 7 heteroatoms. The summed E-state index contributed by atoms with van der Waals surface area (Å²) in [5.74, 6) is -1.89. The Kier molecular flexibility index (Phi) is 5.67. The molecule has 150 valence electrons. The molecule has 1 heterocycles. The summed E-state index contributed by atoms with van der Waals surface area (Å²) in [6.07, 6.45) is 1.53. The minimum absolute atomic E-state index is 0.0174. The lowest BCUT2D eigenvalue weighted by molar-refractivity contribution is 0.289. The van der Waals surface area contributed by atoms with Gasteiger partial charge in [-0.25, -0.2) is 17.6 Å². The van der Waals surface area contributed by atoms with Crippen molar-refractivity contribution >= 4 is 11.9 Å². The van der Waals surface area contributed by atoms with Gasteiger partial charge in [0.05, 0.1) is 6.04 Å². The Hall–Kier alpha value is -1.57. The van der Waals surface area contributed by atoms with Crippen LogP contribution in [0.3, 0.4) is 0 Å². The number of benzene rings is 2. The van der Waals surface area contributed by atoms with Crippen molar-refractivity contribution in [2.45, 2.75) is 42.8 Å². The number of halogens is 4. The summed E-state index contributed by atoms with van der Waals surface area (Å²) >= 11 is 1.57. The molecule has 1 saturated heterocycles. The summed E-state index contributed by atoms with van der Waals surface area (Å²) in [6.45, 7) is 0.285. The summed E-state index contributed by atoms with van der Waals surface area (Å²) in [5.41, 5.74) is 0.278. The number of nitrogens with zero attached hydrogens (tertiary/aromatic N) is 1. The molecule has 28 heavy (non-hydrogen) atoms. The largest absolute Gasteiger partial charge is 0.298 e. The molecule has 3 atom stereocenters. The molecule has 2 fully saturated rings. The van der Waals surface area contributed by atoms with Gasteiger partial charge in [0.15, 0.2) is 0 Å². The van der Waals surface area contributed by atoms with Crippen LogP contribution in [0.15, 0.2) is 36.4 Å². The molecule has 0 spiro atoms. The van der Waals surface area contributed by atoms with E-state index in [2.05, 4.69) is 4.72 Å². The van der Waals surface area contributed by atoms with Gasteiger partial charge in [-0.05, 0) is 50.1 Å². The molecule has 1 aliphatic heterocycles. The zero-order valence-electron chi connectivity index (χ0n) is 15.5. The molecule has 0 aromatic heterocycles. The van der Waals surface area contributed by atoms with Crippen LogP contribution in [-0.2, 0) is 6.42 Å². The quantitative estimate of drug-likeness (QED) is 0.547. The lowest BCUT2D eigenvalue weighted by Crippen LogP contribution is -2.43. The number of nitrogens with one attached hydrogen (secondary N) is 1. The number of likely N-dealkylation sites (tertiary alicyclic amines) is 1. The highest BCUT2D eigenvalue weighted by Crippen LogP contribution is 2.35. The van der Waals surface area contributed by atoms with Crippen molar-refractivity contribution in [3.63, 3.8) is 0 Å². The van der Waals surface area contributed by atoms with E-state index in [0.717, 1.165) is 31.0 Å². The van der Waals surface area contributed by atoms with Crippen LogP contribution in [0.25, 0.3) is 11.1 Å². The molecule has 2 aliphatic rings. The number of alkyl halides is 1. The third-order valence-corrected chi connectivity index (χ3v) is 6.67. The Labute approximate surface area is 166 Å². The fourth-order valence-electron chi connectivity index (χ4n) is 3.71. The normalized spacial score (nSPS) is 25.4. The van der Waals surface area contributed by atoms with Gasteiger partial charge >= 0.3 is 0 Å². The lowest BCUT2D eigenvalue weighted by atomic mass is 9.95. The van der Waals surface area contributed by atoms with Crippen LogP contribution >= 0.6 is 11.9 Å². The van der Waals surface area contributed by atoms with Crippen LogP contribution in [0, 0.1) is 17.5 Å². The molecule has 1 saturated carbocycles. The third-order valence-electron chi connectivity index (χ3n) is 5.45. The first kappa shape index (κ1) is 19.7. The van der Waals surface area contributed by atoms with Gasteiger partial charge in [0.25, 0.3) is 0 Å². The Morgan fingerprint density at radius 2 is 1.89 bits per heavy atom. The number of hydrogen-bond acceptors (Lipinski definition) is 3. The minimum atomic E-state index is -1.03. The van der Waals surface area contributed by atoms with E-state index in [4.69, 9.17) is 0 Å². The van der Waals surface area contributed by atoms with Gasteiger partial charge in [-0.1, -0.05) is 30.1 Å². The number of hydrogen-bond donors (Lipinski definition) is 1. The average Bonchev–Trinajstić information content (AvgIpc) is 3.44. The first-order valence-electron chi connectivity index (χ1n) is 9.42. The Balaban J connectivity index is 1.59. The van der Waals surface area contributed by atoms with E-state index < -0.39 is 29.7 Å². The summed E-state index contributed by atoms with van der Waals surface area (Å²) in [5, 5.41) is 0.537. The SMILES string of the molecule is CN1CC(F)C(NSC2CC2)C1Cc1cccc(-c2cc(F)ccc2F)c1F. The maximum Gasteiger partial charge on any atom is 0.134 e. The molecule has 1 aliphatic carbocycles. The van der Waals surface area contributed by atoms with Crippen molar-refractivity contribution < 1.29 is 17.6 Å². The van der Waals surface area contributed by atoms with Gasteiger partial charge in [0.2, 0.25) is 0 Å². The molecule has 0 radical (unpaired) electrons. The van der Waals surface area contributed by atoms with Crippen molar-refractivity contribution in [3.8, 4) is 11.1 Å². The van der Waals surface area contributed by atoms with Crippen LogP contribution < -0.4 is 4.72 Å². The minimum Gasteiger partial charge on any atom is -0.298 e. The lowest BCUT2D eigenvalue weighted by Gasteiger charge is -2.26. The van der Waals surface area contributed by atoms with Gasteiger partial charge in [-0.15, -0.1) is 0 Å². The first-order valence-corrected chi connectivity index (χ1v) is 10.3. The highest BCUT2D eigenvalue weighted by atomic mass is 32.2. The second-order valence-corrected chi connectivity index (χ2v) is 8.73. The topological polar surface area (TPSA) is 15.3 Å². The van der Waals surface area contributed by atoms with E-state index in [0.29, 0.717) is 10.8 Å². The predicted molar refractivity (Wildman–Crippen MR) is 104 cm³/mol. The number of likely N-dealkylation sites (N-methyl/N-ethyl adjacent to an activating group) is 1. The van der Waals surface area contributed by atoms with Crippen LogP contribution in [0.5, 0.6) is 0 Å². The smallest absolute Gasteiger partial charge is 0.134 e. The van der Waals surface area contributed by atoms with Gasteiger partial charge in [-0.2, -0.15) is 0 Å². The predicted octanol–water partition coefficient (Wildman–Crippen LogP) is 4.73. The Morgan fingerprint density at radius 1 is 1.11 bits per heavy atom. The molecule has 0 amide bonds. The highest BCUT2D eigenvalue weighted by molar-refractivity contribution is 7.98. The van der Waals surface area contributed by atoms with Crippen molar-refractivity contribution in [2.24, 2.45) is 0 Å². The molecule has 3 unspecified atom stereocenters. The van der Waals surface area contributed by atoms with Crippen molar-refractivity contribution in [1.82, 2.24) is 9.62 Å². The zero-order chi connectivity index (χ0) is 19.8. The molecule has 2 aromatic rings. The summed E-state index contributed by atoms with van der Waals surface area (Å²) in [4.78, 5) is 1.89. The molecular formula is C21H22F4N2S. The maximum absolute atomic E-state index is 15.2. The summed E-state index contributed by atoms with van der Waals surface area (Å²) in [6, 6.07) is 7.06. The van der Waals surface area contributed by atoms with Crippen LogP contribution in [-0.4, -0.2) is 42.0 Å². The second-order valence-electron chi connectivity index (χ2n) is 7.59. The molecule has 1 N–H and O–H groups in total. The molecule has 4 rings (SSSR count). The Bertz CT molecular complexity index is 858. The highest BCUT2D eigenvalue weighted by Gasteiger charge is 2.41. The van der Waals surface area contributed by atoms with E-state index in [1.54, 1.807) is 24.1 Å². The van der Waals surface area contributed by atoms with Crippen molar-refractivity contribution in [1.29, 1.82) is 0 Å². The van der Waals surface area contributed by atoms with Gasteiger partial charge in [-0.3, -0.25) is 9.62 Å². The molecular weight excluding hydrogens is 388 g/mol. The van der Waals surface area contributed by atoms with E-state index >= 15 is 4.39 Å². The average molecular weight is 410 g/mol. The van der Waals surface area contributed by atoms with Crippen LogP contribution in [0.2, 0.25) is 0 Å². The van der Waals surface area contributed by atoms with Crippen molar-refractivity contribution in [2.75, 3.05) is 13.6 Å². The van der Waals surface area contributed by atoms with Crippen LogP contribution in [0.4, 0.5) is 17.6 Å². The van der Waals surface area contributed by atoms with Gasteiger partial charge in [0.1, 0.15) is 23.6 Å². The van der Waals surface area contributed by atoms with E-state index in [-0.39, 0.29) is 30.1 Å². The fourth-order valence-corrected chi connectivity index (χ4v) is 4.74. The van der Waals surface area contributed by atoms with Crippen molar-refractivity contribution in [3.05, 3.63) is 59.4 Å². The standard InChI is InChI=1S/C21H22F4N2S/c1-27-11-18(24)21(26-28-14-6-7-14)19(27)9-12-3-2-4-15(20(12)25)16-10-13(22)5-8-17(16)23/h2-5,8,10,14,18-19,21,26H,6-7,9,11H2,1H3. The monoisotopic (exact) mass is 410 g/mol. The van der Waals surface area contributed by atoms with Gasteiger partial charge < -0.3 is 0 Å². The Morgan fingerprint density at radius 3 is 2.64 bits per heavy atom. The molecule has 2 nitrogen and oxygen atoms in total. The maximum atomic E-state index is 15.2. The third kappa shape index (κ3) is 4.07. The molecule has 2 aromatic carbocycles. The van der Waals surface area contributed by atoms with E-state index in [1.807, 2.05) is 11.9 Å². The van der Waals surface area contributed by atoms with E-state index in [9.17, 15) is 13.2 Å². The van der Waals surface area contributed by atoms with Crippen LogP contribution in [0.1, 0.15) is 18.4 Å². The second kappa shape index (κ2) is 8.05. The van der Waals surface area contributed by atoms with Gasteiger partial charge in [0, 0.05) is 29.0 Å². The zero-order valence-corrected chi connectivity index (χ0v) is 16.3. The summed E-state index contributed by atoms with van der Waals surface area (Å²) in [7, 11) is 1.83. The first-order chi connectivity index (χ1) is 13.4.